The summed E-state index contributed by atoms with van der Waals surface area (Å²) in [5, 5.41) is 5.75. The van der Waals surface area contributed by atoms with Gasteiger partial charge in [-0.1, -0.05) is 18.9 Å². The lowest BCUT2D eigenvalue weighted by Gasteiger charge is -2.32. The van der Waals surface area contributed by atoms with Crippen LogP contribution in [0.3, 0.4) is 0 Å². The molecule has 2 N–H and O–H groups in total. The molecular formula is C23H25N3O6. The number of hydrogen-bond acceptors (Lipinski definition) is 6. The van der Waals surface area contributed by atoms with Gasteiger partial charge in [-0.25, -0.2) is 4.79 Å². The summed E-state index contributed by atoms with van der Waals surface area (Å²) in [5.74, 6) is 0.761. The first kappa shape index (κ1) is 20.4. The molecule has 0 radical (unpaired) electrons. The Morgan fingerprint density at radius 3 is 2.59 bits per heavy atom. The minimum Gasteiger partial charge on any atom is -0.486 e. The molecule has 1 saturated carbocycles. The molecule has 2 aromatic rings. The molecule has 1 unspecified atom stereocenters. The second-order valence-corrected chi connectivity index (χ2v) is 8.62. The van der Waals surface area contributed by atoms with Crippen molar-refractivity contribution in [1.29, 1.82) is 0 Å². The molecule has 9 nitrogen and oxygen atoms in total. The number of carbonyl (C=O) groups excluding carboxylic acids is 3. The van der Waals surface area contributed by atoms with Crippen LogP contribution in [0.2, 0.25) is 0 Å². The summed E-state index contributed by atoms with van der Waals surface area (Å²) in [6.45, 7) is 2.19. The van der Waals surface area contributed by atoms with E-state index in [1.165, 1.54) is 6.26 Å². The van der Waals surface area contributed by atoms with Crippen LogP contribution in [-0.4, -0.2) is 42.5 Å². The SMILES string of the molecule is CC1(c2ccco2)NC(=O)N(CC(=O)NC2(c3ccc4c(c3)OCCO4)CCCC2)C1=O. The third-order valence-electron chi connectivity index (χ3n) is 6.52. The monoisotopic (exact) mass is 439 g/mol. The Morgan fingerprint density at radius 1 is 1.12 bits per heavy atom. The molecule has 5 rings (SSSR count). The number of imide groups is 1. The fourth-order valence-electron chi connectivity index (χ4n) is 4.83. The molecule has 168 valence electrons. The number of nitrogens with one attached hydrogen (secondary N) is 2. The predicted octanol–water partition coefficient (Wildman–Crippen LogP) is 2.40. The van der Waals surface area contributed by atoms with Crippen LogP contribution in [0.25, 0.3) is 0 Å². The van der Waals surface area contributed by atoms with E-state index in [4.69, 9.17) is 13.9 Å². The number of fused-ring (bicyclic) bond motifs is 1. The van der Waals surface area contributed by atoms with E-state index in [9.17, 15) is 14.4 Å². The molecule has 2 fully saturated rings. The smallest absolute Gasteiger partial charge is 0.325 e. The van der Waals surface area contributed by atoms with Crippen molar-refractivity contribution in [3.8, 4) is 11.5 Å². The number of furan rings is 1. The molecule has 1 aliphatic carbocycles. The number of benzene rings is 1. The van der Waals surface area contributed by atoms with E-state index in [0.29, 0.717) is 30.5 Å². The molecule has 0 spiro atoms. The minimum atomic E-state index is -1.33. The summed E-state index contributed by atoms with van der Waals surface area (Å²) >= 11 is 0. The van der Waals surface area contributed by atoms with Gasteiger partial charge in [0.25, 0.3) is 5.91 Å². The summed E-state index contributed by atoms with van der Waals surface area (Å²) in [5.41, 5.74) is -0.969. The maximum absolute atomic E-state index is 13.0. The van der Waals surface area contributed by atoms with Gasteiger partial charge in [0.2, 0.25) is 5.91 Å². The molecular weight excluding hydrogens is 414 g/mol. The number of amides is 4. The van der Waals surface area contributed by atoms with Crippen LogP contribution in [0.5, 0.6) is 11.5 Å². The number of rotatable bonds is 5. The highest BCUT2D eigenvalue weighted by atomic mass is 16.6. The molecule has 3 heterocycles. The topological polar surface area (TPSA) is 110 Å². The molecule has 1 atom stereocenters. The Labute approximate surface area is 185 Å². The van der Waals surface area contributed by atoms with Gasteiger partial charge in [-0.15, -0.1) is 0 Å². The van der Waals surface area contributed by atoms with Crippen LogP contribution in [-0.2, 0) is 20.7 Å². The molecule has 1 aromatic heterocycles. The normalized spacial score (nSPS) is 23.8. The highest BCUT2D eigenvalue weighted by Crippen LogP contribution is 2.42. The van der Waals surface area contributed by atoms with Crippen molar-refractivity contribution in [3.05, 3.63) is 47.9 Å². The first-order valence-electron chi connectivity index (χ1n) is 10.8. The number of nitrogens with zero attached hydrogens (tertiary/aromatic N) is 1. The first-order valence-corrected chi connectivity index (χ1v) is 10.8. The maximum atomic E-state index is 13.0. The molecule has 9 heteroatoms. The number of ether oxygens (including phenoxy) is 2. The average Bonchev–Trinajstić information content (AvgIpc) is 3.53. The fraction of sp³-hybridized carbons (Fsp3) is 0.435. The molecule has 1 aromatic carbocycles. The Morgan fingerprint density at radius 2 is 1.88 bits per heavy atom. The number of hydrogen-bond donors (Lipinski definition) is 2. The van der Waals surface area contributed by atoms with Crippen molar-refractivity contribution in [2.24, 2.45) is 0 Å². The van der Waals surface area contributed by atoms with Crippen LogP contribution >= 0.6 is 0 Å². The van der Waals surface area contributed by atoms with Gasteiger partial charge in [0, 0.05) is 0 Å². The Kier molecular flexibility index (Phi) is 4.83. The quantitative estimate of drug-likeness (QED) is 0.693. The first-order chi connectivity index (χ1) is 15.4. The van der Waals surface area contributed by atoms with Crippen molar-refractivity contribution < 1.29 is 28.3 Å². The third-order valence-corrected chi connectivity index (χ3v) is 6.52. The summed E-state index contributed by atoms with van der Waals surface area (Å²) < 4.78 is 16.7. The maximum Gasteiger partial charge on any atom is 0.325 e. The van der Waals surface area contributed by atoms with Gasteiger partial charge in [0.05, 0.1) is 11.8 Å². The summed E-state index contributed by atoms with van der Waals surface area (Å²) in [7, 11) is 0. The Bertz CT molecular complexity index is 1060. The molecule has 3 aliphatic rings. The van der Waals surface area contributed by atoms with E-state index >= 15 is 0 Å². The molecule has 1 saturated heterocycles. The van der Waals surface area contributed by atoms with Gasteiger partial charge in [-0.05, 0) is 49.6 Å². The van der Waals surface area contributed by atoms with Crippen LogP contribution in [0.15, 0.2) is 41.0 Å². The van der Waals surface area contributed by atoms with Gasteiger partial charge in [0.15, 0.2) is 17.0 Å². The van der Waals surface area contributed by atoms with Gasteiger partial charge >= 0.3 is 6.03 Å². The lowest BCUT2D eigenvalue weighted by atomic mass is 9.87. The molecule has 0 bridgehead atoms. The highest BCUT2D eigenvalue weighted by molar-refractivity contribution is 6.08. The zero-order valence-corrected chi connectivity index (χ0v) is 17.8. The van der Waals surface area contributed by atoms with E-state index in [0.717, 1.165) is 36.1 Å². The van der Waals surface area contributed by atoms with Gasteiger partial charge in [-0.3, -0.25) is 14.5 Å². The van der Waals surface area contributed by atoms with Crippen molar-refractivity contribution in [2.45, 2.75) is 43.7 Å². The molecule has 2 aliphatic heterocycles. The van der Waals surface area contributed by atoms with Gasteiger partial charge in [-0.2, -0.15) is 0 Å². The van der Waals surface area contributed by atoms with E-state index < -0.39 is 28.9 Å². The van der Waals surface area contributed by atoms with E-state index in [1.54, 1.807) is 19.1 Å². The highest BCUT2D eigenvalue weighted by Gasteiger charge is 2.51. The van der Waals surface area contributed by atoms with Crippen LogP contribution < -0.4 is 20.1 Å². The summed E-state index contributed by atoms with van der Waals surface area (Å²) in [6, 6.07) is 8.37. The average molecular weight is 439 g/mol. The predicted molar refractivity (Wildman–Crippen MR) is 112 cm³/mol. The van der Waals surface area contributed by atoms with Crippen molar-refractivity contribution >= 4 is 17.8 Å². The zero-order chi connectivity index (χ0) is 22.3. The van der Waals surface area contributed by atoms with Crippen molar-refractivity contribution in [3.63, 3.8) is 0 Å². The largest absolute Gasteiger partial charge is 0.486 e. The van der Waals surface area contributed by atoms with Crippen molar-refractivity contribution in [1.82, 2.24) is 15.5 Å². The lowest BCUT2D eigenvalue weighted by molar-refractivity contribution is -0.135. The second kappa shape index (κ2) is 7.58. The van der Waals surface area contributed by atoms with E-state index in [1.807, 2.05) is 18.2 Å². The van der Waals surface area contributed by atoms with Gasteiger partial charge < -0.3 is 24.5 Å². The molecule has 4 amide bonds. The lowest BCUT2D eigenvalue weighted by Crippen LogP contribution is -2.49. The second-order valence-electron chi connectivity index (χ2n) is 8.62. The Balaban J connectivity index is 1.34. The number of carbonyl (C=O) groups is 3. The fourth-order valence-corrected chi connectivity index (χ4v) is 4.83. The van der Waals surface area contributed by atoms with Crippen LogP contribution in [0.1, 0.15) is 43.9 Å². The molecule has 32 heavy (non-hydrogen) atoms. The summed E-state index contributed by atoms with van der Waals surface area (Å²) in [4.78, 5) is 39.5. The number of urea groups is 1. The van der Waals surface area contributed by atoms with Crippen LogP contribution in [0.4, 0.5) is 4.79 Å². The Hall–Kier alpha value is -3.49. The van der Waals surface area contributed by atoms with E-state index in [-0.39, 0.29) is 6.54 Å². The zero-order valence-electron chi connectivity index (χ0n) is 17.8. The van der Waals surface area contributed by atoms with Crippen molar-refractivity contribution in [2.75, 3.05) is 19.8 Å². The summed E-state index contributed by atoms with van der Waals surface area (Å²) in [6.07, 6.45) is 4.90. The van der Waals surface area contributed by atoms with Gasteiger partial charge in [0.1, 0.15) is 25.5 Å². The van der Waals surface area contributed by atoms with E-state index in [2.05, 4.69) is 10.6 Å². The minimum absolute atomic E-state index is 0.322. The third kappa shape index (κ3) is 3.28. The standard InChI is InChI=1S/C23H25N3O6/c1-22(18-5-4-10-32-18)20(28)26(21(29)25-22)14-19(27)24-23(8-2-3-9-23)15-6-7-16-17(13-15)31-12-11-30-16/h4-7,10,13H,2-3,8-9,11-12,14H2,1H3,(H,24,27)(H,25,29). The van der Waals surface area contributed by atoms with Crippen LogP contribution in [0, 0.1) is 0 Å².